The van der Waals surface area contributed by atoms with Crippen molar-refractivity contribution >= 4 is 0 Å². The molecule has 4 unspecified atom stereocenters. The van der Waals surface area contributed by atoms with Gasteiger partial charge in [-0.2, -0.15) is 0 Å². The molecular weight excluding hydrogens is 368 g/mol. The smallest absolute Gasteiger partial charge is 0.0867 e. The first kappa shape index (κ1) is 21.6. The van der Waals surface area contributed by atoms with Gasteiger partial charge in [0.25, 0.3) is 0 Å². The molecule has 162 valence electrons. The Bertz CT molecular complexity index is 881. The monoisotopic (exact) mass is 406 g/mol. The third-order valence-electron chi connectivity index (χ3n) is 7.28. The van der Waals surface area contributed by atoms with Gasteiger partial charge in [-0.05, 0) is 97.1 Å². The van der Waals surface area contributed by atoms with Crippen molar-refractivity contribution in [2.45, 2.75) is 90.8 Å². The molecule has 0 saturated heterocycles. The Kier molecular flexibility index (Phi) is 6.36. The molecule has 4 rings (SSSR count). The highest BCUT2D eigenvalue weighted by molar-refractivity contribution is 5.52. The molecule has 2 aromatic rings. The maximum Gasteiger partial charge on any atom is 0.0867 e. The molecule has 0 heterocycles. The van der Waals surface area contributed by atoms with Gasteiger partial charge in [0, 0.05) is 5.92 Å². The molecule has 0 amide bonds. The minimum atomic E-state index is -0.654. The van der Waals surface area contributed by atoms with Gasteiger partial charge < -0.3 is 10.2 Å². The van der Waals surface area contributed by atoms with Gasteiger partial charge in [-0.1, -0.05) is 56.7 Å². The van der Waals surface area contributed by atoms with Crippen LogP contribution in [0.1, 0.15) is 84.9 Å². The van der Waals surface area contributed by atoms with Crippen molar-refractivity contribution in [2.75, 3.05) is 0 Å². The summed E-state index contributed by atoms with van der Waals surface area (Å²) in [4.78, 5) is 0. The molecule has 1 fully saturated rings. The molecule has 2 aromatic carbocycles. The second-order valence-corrected chi connectivity index (χ2v) is 10.4. The Hall–Kier alpha value is -1.64. The number of hydrogen-bond donors (Lipinski definition) is 2. The minimum absolute atomic E-state index is 0.0418. The fourth-order valence-corrected chi connectivity index (χ4v) is 5.83. The molecule has 2 aliphatic carbocycles. The van der Waals surface area contributed by atoms with Crippen LogP contribution in [-0.4, -0.2) is 22.4 Å². The van der Waals surface area contributed by atoms with E-state index in [1.54, 1.807) is 11.1 Å². The molecule has 2 nitrogen and oxygen atoms in total. The molecular formula is C28H38O2. The van der Waals surface area contributed by atoms with E-state index in [9.17, 15) is 10.2 Å². The first-order valence-electron chi connectivity index (χ1n) is 11.9. The van der Waals surface area contributed by atoms with Crippen LogP contribution >= 0.6 is 0 Å². The SMILES string of the molecule is Cc1ccc(Cc2cc(C3CC(C)CC(O)C3O)c(CC(C)C)c3c2CCC3)cc1. The van der Waals surface area contributed by atoms with E-state index in [1.165, 1.54) is 40.7 Å². The van der Waals surface area contributed by atoms with E-state index in [4.69, 9.17) is 0 Å². The van der Waals surface area contributed by atoms with Gasteiger partial charge in [0.05, 0.1) is 12.2 Å². The lowest BCUT2D eigenvalue weighted by molar-refractivity contribution is -0.0371. The molecule has 1 saturated carbocycles. The summed E-state index contributed by atoms with van der Waals surface area (Å²) < 4.78 is 0. The quantitative estimate of drug-likeness (QED) is 0.687. The van der Waals surface area contributed by atoms with Crippen LogP contribution in [0.25, 0.3) is 0 Å². The predicted molar refractivity (Wildman–Crippen MR) is 124 cm³/mol. The molecule has 2 heteroatoms. The minimum Gasteiger partial charge on any atom is -0.390 e. The summed E-state index contributed by atoms with van der Waals surface area (Å²) in [7, 11) is 0. The summed E-state index contributed by atoms with van der Waals surface area (Å²) >= 11 is 0. The second kappa shape index (κ2) is 8.85. The summed E-state index contributed by atoms with van der Waals surface area (Å²) in [6, 6.07) is 11.3. The molecule has 0 aromatic heterocycles. The Labute approximate surface area is 182 Å². The first-order valence-corrected chi connectivity index (χ1v) is 11.9. The molecule has 4 atom stereocenters. The molecule has 0 aliphatic heterocycles. The van der Waals surface area contributed by atoms with Gasteiger partial charge >= 0.3 is 0 Å². The number of hydrogen-bond acceptors (Lipinski definition) is 2. The molecule has 0 bridgehead atoms. The van der Waals surface area contributed by atoms with Crippen LogP contribution < -0.4 is 0 Å². The zero-order chi connectivity index (χ0) is 21.4. The average molecular weight is 407 g/mol. The number of aliphatic hydroxyl groups excluding tert-OH is 2. The molecule has 2 aliphatic rings. The van der Waals surface area contributed by atoms with E-state index in [0.29, 0.717) is 18.3 Å². The maximum absolute atomic E-state index is 11.0. The normalized spacial score (nSPS) is 26.2. The number of rotatable bonds is 5. The van der Waals surface area contributed by atoms with Crippen LogP contribution in [0.15, 0.2) is 30.3 Å². The summed E-state index contributed by atoms with van der Waals surface area (Å²) in [6.07, 6.45) is 6.00. The lowest BCUT2D eigenvalue weighted by Gasteiger charge is -2.37. The number of benzene rings is 2. The first-order chi connectivity index (χ1) is 14.3. The zero-order valence-corrected chi connectivity index (χ0v) is 19.1. The second-order valence-electron chi connectivity index (χ2n) is 10.4. The van der Waals surface area contributed by atoms with Crippen molar-refractivity contribution in [3.63, 3.8) is 0 Å². The van der Waals surface area contributed by atoms with Gasteiger partial charge in [0.1, 0.15) is 0 Å². The molecule has 2 N–H and O–H groups in total. The van der Waals surface area contributed by atoms with Crippen molar-refractivity contribution in [1.29, 1.82) is 0 Å². The van der Waals surface area contributed by atoms with Crippen LogP contribution in [0, 0.1) is 18.8 Å². The standard InChI is InChI=1S/C28H38O2/c1-17(2)12-24-23-7-5-6-22(23)21(15-20-10-8-18(3)9-11-20)16-25(24)26-13-19(4)14-27(29)28(26)30/h8-11,16-17,19,26-30H,5-7,12-15H2,1-4H3. The Morgan fingerprint density at radius 3 is 2.40 bits per heavy atom. The van der Waals surface area contributed by atoms with Gasteiger partial charge in [0.2, 0.25) is 0 Å². The van der Waals surface area contributed by atoms with Crippen molar-refractivity contribution in [3.8, 4) is 0 Å². The van der Waals surface area contributed by atoms with Gasteiger partial charge in [0.15, 0.2) is 0 Å². The maximum atomic E-state index is 11.0. The van der Waals surface area contributed by atoms with E-state index >= 15 is 0 Å². The molecule has 0 radical (unpaired) electrons. The van der Waals surface area contributed by atoms with Crippen molar-refractivity contribution in [1.82, 2.24) is 0 Å². The summed E-state index contributed by atoms with van der Waals surface area (Å²) in [5.74, 6) is 1.06. The van der Waals surface area contributed by atoms with E-state index in [2.05, 4.69) is 58.0 Å². The Morgan fingerprint density at radius 1 is 1.00 bits per heavy atom. The van der Waals surface area contributed by atoms with E-state index in [1.807, 2.05) is 0 Å². The third kappa shape index (κ3) is 4.36. The van der Waals surface area contributed by atoms with Crippen LogP contribution in [-0.2, 0) is 25.7 Å². The predicted octanol–water partition coefficient (Wildman–Crippen LogP) is 5.51. The number of aryl methyl sites for hydroxylation is 1. The zero-order valence-electron chi connectivity index (χ0n) is 19.1. The van der Waals surface area contributed by atoms with Crippen molar-refractivity contribution < 1.29 is 10.2 Å². The number of fused-ring (bicyclic) bond motifs is 1. The van der Waals surface area contributed by atoms with E-state index in [0.717, 1.165) is 25.7 Å². The van der Waals surface area contributed by atoms with Gasteiger partial charge in [-0.3, -0.25) is 0 Å². The highest BCUT2D eigenvalue weighted by Gasteiger charge is 2.37. The highest BCUT2D eigenvalue weighted by Crippen LogP contribution is 2.43. The van der Waals surface area contributed by atoms with Crippen LogP contribution in [0.2, 0.25) is 0 Å². The van der Waals surface area contributed by atoms with Gasteiger partial charge in [-0.25, -0.2) is 0 Å². The lowest BCUT2D eigenvalue weighted by Crippen LogP contribution is -2.39. The number of aliphatic hydroxyl groups is 2. The van der Waals surface area contributed by atoms with Crippen molar-refractivity contribution in [2.24, 2.45) is 11.8 Å². The van der Waals surface area contributed by atoms with Crippen LogP contribution in [0.3, 0.4) is 0 Å². The Balaban J connectivity index is 1.81. The topological polar surface area (TPSA) is 40.5 Å². The molecule has 0 spiro atoms. The molecule has 30 heavy (non-hydrogen) atoms. The third-order valence-corrected chi connectivity index (χ3v) is 7.28. The fourth-order valence-electron chi connectivity index (χ4n) is 5.83. The van der Waals surface area contributed by atoms with E-state index in [-0.39, 0.29) is 5.92 Å². The Morgan fingerprint density at radius 2 is 1.70 bits per heavy atom. The van der Waals surface area contributed by atoms with Crippen LogP contribution in [0.4, 0.5) is 0 Å². The average Bonchev–Trinajstić information content (AvgIpc) is 3.18. The largest absolute Gasteiger partial charge is 0.390 e. The lowest BCUT2D eigenvalue weighted by atomic mass is 9.72. The van der Waals surface area contributed by atoms with Gasteiger partial charge in [-0.15, -0.1) is 0 Å². The summed E-state index contributed by atoms with van der Waals surface area (Å²) in [5.41, 5.74) is 10.0. The van der Waals surface area contributed by atoms with E-state index < -0.39 is 12.2 Å². The summed E-state index contributed by atoms with van der Waals surface area (Å²) in [6.45, 7) is 8.93. The summed E-state index contributed by atoms with van der Waals surface area (Å²) in [5, 5.41) is 21.5. The highest BCUT2D eigenvalue weighted by atomic mass is 16.3. The van der Waals surface area contributed by atoms with Crippen LogP contribution in [0.5, 0.6) is 0 Å². The van der Waals surface area contributed by atoms with Crippen molar-refractivity contribution in [3.05, 3.63) is 69.3 Å². The fraction of sp³-hybridized carbons (Fsp3) is 0.571.